The van der Waals surface area contributed by atoms with Gasteiger partial charge in [-0.25, -0.2) is 4.98 Å². The lowest BCUT2D eigenvalue weighted by atomic mass is 10.1. The third-order valence-corrected chi connectivity index (χ3v) is 3.94. The summed E-state index contributed by atoms with van der Waals surface area (Å²) in [6, 6.07) is 11.9. The number of aliphatic imine (C=N–C) groups is 1. The fourth-order valence-corrected chi connectivity index (χ4v) is 2.72. The highest BCUT2D eigenvalue weighted by Gasteiger charge is 2.11. The molecule has 1 aromatic carbocycles. The van der Waals surface area contributed by atoms with Crippen LogP contribution in [0.3, 0.4) is 0 Å². The molecular weight excluding hydrogens is 284 g/mol. The van der Waals surface area contributed by atoms with Gasteiger partial charge in [-0.1, -0.05) is 18.2 Å². The lowest BCUT2D eigenvalue weighted by Gasteiger charge is -2.03. The highest BCUT2D eigenvalue weighted by molar-refractivity contribution is 5.95. The number of aromatic nitrogens is 3. The van der Waals surface area contributed by atoms with E-state index in [9.17, 15) is 0 Å². The number of pyridine rings is 1. The number of aryl methyl sites for hydroxylation is 1. The van der Waals surface area contributed by atoms with E-state index >= 15 is 0 Å². The molecule has 0 saturated carbocycles. The molecule has 4 rings (SSSR count). The van der Waals surface area contributed by atoms with Crippen molar-refractivity contribution in [3.05, 3.63) is 72.3 Å². The third-order valence-electron chi connectivity index (χ3n) is 3.94. The van der Waals surface area contributed by atoms with Gasteiger partial charge in [0, 0.05) is 36.3 Å². The Balaban J connectivity index is 1.45. The summed E-state index contributed by atoms with van der Waals surface area (Å²) in [5, 5.41) is 0. The van der Waals surface area contributed by atoms with E-state index in [4.69, 9.17) is 4.99 Å². The molecule has 0 bridgehead atoms. The van der Waals surface area contributed by atoms with Crippen LogP contribution >= 0.6 is 0 Å². The molecule has 4 nitrogen and oxygen atoms in total. The molecule has 4 heteroatoms. The molecule has 0 fully saturated rings. The van der Waals surface area contributed by atoms with Gasteiger partial charge in [-0.2, -0.15) is 0 Å². The summed E-state index contributed by atoms with van der Waals surface area (Å²) in [5.74, 6) is 0. The van der Waals surface area contributed by atoms with Gasteiger partial charge in [0.15, 0.2) is 0 Å². The molecule has 3 heterocycles. The Morgan fingerprint density at radius 1 is 0.913 bits per heavy atom. The maximum atomic E-state index is 4.73. The monoisotopic (exact) mass is 300 g/mol. The van der Waals surface area contributed by atoms with Crippen LogP contribution in [0.5, 0.6) is 0 Å². The van der Waals surface area contributed by atoms with Gasteiger partial charge >= 0.3 is 0 Å². The zero-order valence-electron chi connectivity index (χ0n) is 12.7. The minimum absolute atomic E-state index is 0.866. The lowest BCUT2D eigenvalue weighted by molar-refractivity contribution is 0.961. The van der Waals surface area contributed by atoms with Crippen LogP contribution in [-0.4, -0.2) is 20.7 Å². The topological polar surface area (TPSA) is 51.0 Å². The Bertz CT molecular complexity index is 897. The number of benzene rings is 1. The minimum Gasteiger partial charge on any atom is -0.264 e. The Morgan fingerprint density at radius 3 is 2.70 bits per heavy atom. The Kier molecular flexibility index (Phi) is 3.64. The first-order chi connectivity index (χ1) is 11.4. The number of para-hydroxylation sites is 2. The van der Waals surface area contributed by atoms with E-state index in [2.05, 4.69) is 21.0 Å². The van der Waals surface area contributed by atoms with Crippen LogP contribution in [-0.2, 0) is 6.42 Å². The number of nitrogens with zero attached hydrogens (tertiary/aromatic N) is 4. The zero-order chi connectivity index (χ0) is 15.5. The van der Waals surface area contributed by atoms with Crippen LogP contribution in [0, 0.1) is 0 Å². The molecule has 0 radical (unpaired) electrons. The Morgan fingerprint density at radius 2 is 1.83 bits per heavy atom. The molecule has 23 heavy (non-hydrogen) atoms. The lowest BCUT2D eigenvalue weighted by Crippen LogP contribution is -1.99. The Hall–Kier alpha value is -2.88. The van der Waals surface area contributed by atoms with Gasteiger partial charge in [-0.05, 0) is 37.1 Å². The molecule has 2 aromatic heterocycles. The van der Waals surface area contributed by atoms with Crippen LogP contribution in [0.1, 0.15) is 24.1 Å². The SMILES string of the molecule is C1=C(c2cccnc2)N=C(CCc2cnc3ccccc3n2)C1. The average Bonchev–Trinajstić information content (AvgIpc) is 3.10. The van der Waals surface area contributed by atoms with E-state index in [1.54, 1.807) is 6.20 Å². The van der Waals surface area contributed by atoms with E-state index in [0.717, 1.165) is 47.3 Å². The Labute approximate surface area is 134 Å². The zero-order valence-corrected chi connectivity index (χ0v) is 12.7. The second-order valence-electron chi connectivity index (χ2n) is 5.56. The van der Waals surface area contributed by atoms with Crippen LogP contribution in [0.25, 0.3) is 16.7 Å². The van der Waals surface area contributed by atoms with Crippen molar-refractivity contribution in [2.75, 3.05) is 0 Å². The van der Waals surface area contributed by atoms with Crippen molar-refractivity contribution in [3.63, 3.8) is 0 Å². The van der Waals surface area contributed by atoms with Gasteiger partial charge in [0.05, 0.1) is 22.4 Å². The molecule has 0 saturated heterocycles. The molecule has 0 unspecified atom stereocenters. The van der Waals surface area contributed by atoms with Crippen LogP contribution in [0.2, 0.25) is 0 Å². The van der Waals surface area contributed by atoms with Crippen LogP contribution < -0.4 is 0 Å². The summed E-state index contributed by atoms with van der Waals surface area (Å²) >= 11 is 0. The normalized spacial score (nSPS) is 13.9. The quantitative estimate of drug-likeness (QED) is 0.735. The van der Waals surface area contributed by atoms with Crippen molar-refractivity contribution in [2.24, 2.45) is 4.99 Å². The van der Waals surface area contributed by atoms with Crippen molar-refractivity contribution in [1.82, 2.24) is 15.0 Å². The average molecular weight is 300 g/mol. The van der Waals surface area contributed by atoms with E-state index in [1.807, 2.05) is 48.8 Å². The summed E-state index contributed by atoms with van der Waals surface area (Å²) in [6.07, 6.45) is 10.4. The standard InChI is InChI=1S/C19H16N4/c1-2-6-19-18(5-1)21-13-16(23-19)8-7-15-9-10-17(22-15)14-4-3-11-20-12-14/h1-6,10-13H,7-9H2. The second kappa shape index (κ2) is 6.08. The smallest absolute Gasteiger partial charge is 0.0890 e. The molecule has 0 aliphatic carbocycles. The maximum absolute atomic E-state index is 4.73. The van der Waals surface area contributed by atoms with Gasteiger partial charge in [-0.3, -0.25) is 15.0 Å². The molecule has 112 valence electrons. The van der Waals surface area contributed by atoms with Crippen molar-refractivity contribution >= 4 is 22.4 Å². The second-order valence-corrected chi connectivity index (χ2v) is 5.56. The summed E-state index contributed by atoms with van der Waals surface area (Å²) in [4.78, 5) is 18.0. The highest BCUT2D eigenvalue weighted by Crippen LogP contribution is 2.23. The van der Waals surface area contributed by atoms with Crippen molar-refractivity contribution in [3.8, 4) is 0 Å². The summed E-state index contributed by atoms with van der Waals surface area (Å²) < 4.78 is 0. The number of rotatable bonds is 4. The molecule has 1 aliphatic heterocycles. The molecule has 0 spiro atoms. The van der Waals surface area contributed by atoms with Crippen LogP contribution in [0.15, 0.2) is 66.1 Å². The number of hydrogen-bond donors (Lipinski definition) is 0. The predicted octanol–water partition coefficient (Wildman–Crippen LogP) is 3.84. The molecule has 0 atom stereocenters. The first kappa shape index (κ1) is 13.8. The molecule has 0 amide bonds. The summed E-state index contributed by atoms with van der Waals surface area (Å²) in [6.45, 7) is 0. The van der Waals surface area contributed by atoms with Crippen molar-refractivity contribution in [1.29, 1.82) is 0 Å². The van der Waals surface area contributed by atoms with Gasteiger partial charge in [0.1, 0.15) is 0 Å². The van der Waals surface area contributed by atoms with E-state index in [0.29, 0.717) is 0 Å². The summed E-state index contributed by atoms with van der Waals surface area (Å²) in [7, 11) is 0. The van der Waals surface area contributed by atoms with Gasteiger partial charge in [0.2, 0.25) is 0 Å². The number of allylic oxidation sites excluding steroid dienone is 1. The molecular formula is C19H16N4. The fourth-order valence-electron chi connectivity index (χ4n) is 2.72. The predicted molar refractivity (Wildman–Crippen MR) is 92.1 cm³/mol. The van der Waals surface area contributed by atoms with Gasteiger partial charge in [-0.15, -0.1) is 0 Å². The first-order valence-corrected chi connectivity index (χ1v) is 7.76. The highest BCUT2D eigenvalue weighted by atomic mass is 14.8. The minimum atomic E-state index is 0.866. The molecule has 1 aliphatic rings. The summed E-state index contributed by atoms with van der Waals surface area (Å²) in [5.41, 5.74) is 6.20. The fraction of sp³-hybridized carbons (Fsp3) is 0.158. The third kappa shape index (κ3) is 3.01. The maximum Gasteiger partial charge on any atom is 0.0890 e. The molecule has 0 N–H and O–H groups in total. The van der Waals surface area contributed by atoms with Crippen molar-refractivity contribution < 1.29 is 0 Å². The van der Waals surface area contributed by atoms with Gasteiger partial charge in [0.25, 0.3) is 0 Å². The first-order valence-electron chi connectivity index (χ1n) is 7.76. The van der Waals surface area contributed by atoms with Crippen molar-refractivity contribution in [2.45, 2.75) is 19.3 Å². The molecule has 3 aromatic rings. The number of hydrogen-bond acceptors (Lipinski definition) is 4. The van der Waals surface area contributed by atoms with Crippen LogP contribution in [0.4, 0.5) is 0 Å². The largest absolute Gasteiger partial charge is 0.264 e. The van der Waals surface area contributed by atoms with E-state index in [-0.39, 0.29) is 0 Å². The van der Waals surface area contributed by atoms with E-state index in [1.165, 1.54) is 5.71 Å². The number of fused-ring (bicyclic) bond motifs is 1. The van der Waals surface area contributed by atoms with Gasteiger partial charge < -0.3 is 0 Å². The van der Waals surface area contributed by atoms with E-state index < -0.39 is 0 Å².